The summed E-state index contributed by atoms with van der Waals surface area (Å²) < 4.78 is 5.45. The summed E-state index contributed by atoms with van der Waals surface area (Å²) in [5.74, 6) is -0.136. The number of carbonyl (C=O) groups is 1. The van der Waals surface area contributed by atoms with E-state index in [2.05, 4.69) is 24.0 Å². The smallest absolute Gasteiger partial charge is 0.341 e. The Morgan fingerprint density at radius 3 is 2.47 bits per heavy atom. The number of benzene rings is 1. The second-order valence-corrected chi connectivity index (χ2v) is 4.38. The molecule has 1 N–H and O–H groups in total. The van der Waals surface area contributed by atoms with Crippen molar-refractivity contribution in [3.05, 3.63) is 47.7 Å². The predicted octanol–water partition coefficient (Wildman–Crippen LogP) is 3.09. The number of ether oxygens (including phenoxy) is 1. The number of nitrogens with zero attached hydrogens (tertiary/aromatic N) is 2. The largest absolute Gasteiger partial charge is 0.477 e. The molecule has 2 aromatic rings. The fraction of sp³-hybridized carbons (Fsp3) is 0.214. The highest BCUT2D eigenvalue weighted by Gasteiger charge is 2.13. The lowest BCUT2D eigenvalue weighted by Gasteiger charge is -2.08. The third-order valence-electron chi connectivity index (χ3n) is 2.68. The van der Waals surface area contributed by atoms with Gasteiger partial charge in [-0.1, -0.05) is 26.0 Å². The van der Waals surface area contributed by atoms with Crippen molar-refractivity contribution in [2.24, 2.45) is 0 Å². The highest BCUT2D eigenvalue weighted by atomic mass is 16.5. The Hall–Kier alpha value is -2.43. The van der Waals surface area contributed by atoms with E-state index in [9.17, 15) is 4.79 Å². The first-order valence-corrected chi connectivity index (χ1v) is 5.90. The highest BCUT2D eigenvalue weighted by molar-refractivity contribution is 5.90. The molecule has 0 amide bonds. The lowest BCUT2D eigenvalue weighted by Crippen LogP contribution is -2.02. The van der Waals surface area contributed by atoms with Crippen LogP contribution >= 0.6 is 0 Å². The minimum Gasteiger partial charge on any atom is -0.477 e. The van der Waals surface area contributed by atoms with Gasteiger partial charge < -0.3 is 9.84 Å². The molecule has 0 bridgehead atoms. The second-order valence-electron chi connectivity index (χ2n) is 4.38. The monoisotopic (exact) mass is 258 g/mol. The van der Waals surface area contributed by atoms with Crippen LogP contribution < -0.4 is 4.74 Å². The van der Waals surface area contributed by atoms with Gasteiger partial charge in [0, 0.05) is 0 Å². The van der Waals surface area contributed by atoms with Gasteiger partial charge in [0.1, 0.15) is 11.3 Å². The molecule has 0 saturated carbocycles. The van der Waals surface area contributed by atoms with Gasteiger partial charge in [0.15, 0.2) is 0 Å². The number of carboxylic acids is 1. The zero-order chi connectivity index (χ0) is 13.8. The number of carboxylic acid groups (broad SMARTS) is 1. The molecule has 1 aromatic carbocycles. The molecule has 98 valence electrons. The van der Waals surface area contributed by atoms with Crippen LogP contribution in [0.15, 0.2) is 36.5 Å². The maximum absolute atomic E-state index is 11.0. The third-order valence-corrected chi connectivity index (χ3v) is 2.68. The van der Waals surface area contributed by atoms with Crippen LogP contribution in [0.2, 0.25) is 0 Å². The number of aromatic nitrogens is 2. The first-order chi connectivity index (χ1) is 9.08. The summed E-state index contributed by atoms with van der Waals surface area (Å²) in [5.41, 5.74) is 1.17. The van der Waals surface area contributed by atoms with Crippen LogP contribution in [0.25, 0.3) is 0 Å². The third kappa shape index (κ3) is 3.07. The maximum Gasteiger partial charge on any atom is 0.341 e. The molecular weight excluding hydrogens is 244 g/mol. The molecule has 1 heterocycles. The van der Waals surface area contributed by atoms with E-state index in [0.29, 0.717) is 11.7 Å². The minimum atomic E-state index is -1.09. The second kappa shape index (κ2) is 5.48. The average Bonchev–Trinajstić information content (AvgIpc) is 2.39. The SMILES string of the molecule is CC(C)c1ccc(Oc2nnccc2C(=O)O)cc1. The molecule has 0 spiro atoms. The van der Waals surface area contributed by atoms with Gasteiger partial charge in [0.2, 0.25) is 0 Å². The Morgan fingerprint density at radius 1 is 1.21 bits per heavy atom. The molecular formula is C14H14N2O3. The van der Waals surface area contributed by atoms with Crippen LogP contribution in [0, 0.1) is 0 Å². The van der Waals surface area contributed by atoms with E-state index in [1.807, 2.05) is 12.1 Å². The van der Waals surface area contributed by atoms with Crippen LogP contribution in [-0.2, 0) is 0 Å². The number of hydrogen-bond acceptors (Lipinski definition) is 4. The quantitative estimate of drug-likeness (QED) is 0.912. The van der Waals surface area contributed by atoms with Gasteiger partial charge in [-0.05, 0) is 29.7 Å². The van der Waals surface area contributed by atoms with Crippen molar-refractivity contribution in [3.8, 4) is 11.6 Å². The van der Waals surface area contributed by atoms with Crippen molar-refractivity contribution in [3.63, 3.8) is 0 Å². The zero-order valence-electron chi connectivity index (χ0n) is 10.7. The van der Waals surface area contributed by atoms with Gasteiger partial charge in [0.05, 0.1) is 6.20 Å². The van der Waals surface area contributed by atoms with Gasteiger partial charge in [-0.25, -0.2) is 4.79 Å². The van der Waals surface area contributed by atoms with E-state index in [4.69, 9.17) is 9.84 Å². The first-order valence-electron chi connectivity index (χ1n) is 5.90. The molecule has 5 heteroatoms. The number of aromatic carboxylic acids is 1. The molecule has 0 fully saturated rings. The van der Waals surface area contributed by atoms with Crippen molar-refractivity contribution >= 4 is 5.97 Å². The van der Waals surface area contributed by atoms with Gasteiger partial charge in [-0.2, -0.15) is 5.10 Å². The standard InChI is InChI=1S/C14H14N2O3/c1-9(2)10-3-5-11(6-4-10)19-13-12(14(17)18)7-8-15-16-13/h3-9H,1-2H3,(H,17,18). The van der Waals surface area contributed by atoms with E-state index in [1.165, 1.54) is 17.8 Å². The lowest BCUT2D eigenvalue weighted by atomic mass is 10.0. The Labute approximate surface area is 110 Å². The van der Waals surface area contributed by atoms with Crippen molar-refractivity contribution in [2.45, 2.75) is 19.8 Å². The maximum atomic E-state index is 11.0. The summed E-state index contributed by atoms with van der Waals surface area (Å²) in [6.45, 7) is 4.20. The Bertz CT molecular complexity index is 579. The molecule has 0 aliphatic carbocycles. The predicted molar refractivity (Wildman–Crippen MR) is 69.6 cm³/mol. The van der Waals surface area contributed by atoms with Crippen LogP contribution in [-0.4, -0.2) is 21.3 Å². The normalized spacial score (nSPS) is 10.5. The molecule has 0 unspecified atom stereocenters. The lowest BCUT2D eigenvalue weighted by molar-refractivity contribution is 0.0693. The van der Waals surface area contributed by atoms with Crippen LogP contribution in [0.5, 0.6) is 11.6 Å². The fourth-order valence-corrected chi connectivity index (χ4v) is 1.59. The Balaban J connectivity index is 2.24. The topological polar surface area (TPSA) is 72.3 Å². The molecule has 0 aliphatic heterocycles. The van der Waals surface area contributed by atoms with Gasteiger partial charge in [-0.15, -0.1) is 5.10 Å². The van der Waals surface area contributed by atoms with Crippen LogP contribution in [0.3, 0.4) is 0 Å². The van der Waals surface area contributed by atoms with E-state index >= 15 is 0 Å². The highest BCUT2D eigenvalue weighted by Crippen LogP contribution is 2.24. The Morgan fingerprint density at radius 2 is 1.89 bits per heavy atom. The summed E-state index contributed by atoms with van der Waals surface area (Å²) in [4.78, 5) is 11.0. The van der Waals surface area contributed by atoms with Crippen LogP contribution in [0.1, 0.15) is 35.7 Å². The molecule has 0 atom stereocenters. The molecule has 1 aromatic heterocycles. The van der Waals surface area contributed by atoms with Gasteiger partial charge in [-0.3, -0.25) is 0 Å². The zero-order valence-corrected chi connectivity index (χ0v) is 10.7. The number of rotatable bonds is 4. The summed E-state index contributed by atoms with van der Waals surface area (Å²) in [6.07, 6.45) is 1.32. The molecule has 0 radical (unpaired) electrons. The van der Waals surface area contributed by atoms with Crippen molar-refractivity contribution in [2.75, 3.05) is 0 Å². The van der Waals surface area contributed by atoms with Crippen molar-refractivity contribution in [1.29, 1.82) is 0 Å². The summed E-state index contributed by atoms with van der Waals surface area (Å²) in [7, 11) is 0. The van der Waals surface area contributed by atoms with Gasteiger partial charge >= 0.3 is 5.97 Å². The molecule has 19 heavy (non-hydrogen) atoms. The van der Waals surface area contributed by atoms with Gasteiger partial charge in [0.25, 0.3) is 5.88 Å². The van der Waals surface area contributed by atoms with Crippen molar-refractivity contribution in [1.82, 2.24) is 10.2 Å². The average molecular weight is 258 g/mol. The summed E-state index contributed by atoms with van der Waals surface area (Å²) in [5, 5.41) is 16.3. The van der Waals surface area contributed by atoms with Crippen LogP contribution in [0.4, 0.5) is 0 Å². The van der Waals surface area contributed by atoms with E-state index in [0.717, 1.165) is 0 Å². The minimum absolute atomic E-state index is 0.00713. The first kappa shape index (κ1) is 13.0. The van der Waals surface area contributed by atoms with E-state index < -0.39 is 5.97 Å². The molecule has 5 nitrogen and oxygen atoms in total. The van der Waals surface area contributed by atoms with E-state index in [1.54, 1.807) is 12.1 Å². The number of hydrogen-bond donors (Lipinski definition) is 1. The molecule has 0 aliphatic rings. The summed E-state index contributed by atoms with van der Waals surface area (Å²) in [6, 6.07) is 8.81. The Kier molecular flexibility index (Phi) is 3.75. The summed E-state index contributed by atoms with van der Waals surface area (Å²) >= 11 is 0. The molecule has 0 saturated heterocycles. The van der Waals surface area contributed by atoms with E-state index in [-0.39, 0.29) is 11.4 Å². The fourth-order valence-electron chi connectivity index (χ4n) is 1.59. The van der Waals surface area contributed by atoms with Crippen molar-refractivity contribution < 1.29 is 14.6 Å². The molecule has 2 rings (SSSR count).